The maximum atomic E-state index is 13.1. The summed E-state index contributed by atoms with van der Waals surface area (Å²) >= 11 is 0. The normalized spacial score (nSPS) is 11.9. The first kappa shape index (κ1) is 48.4. The number of hydrogen-bond donors (Lipinski definition) is 0. The maximum absolute atomic E-state index is 13.1. The number of aromatic nitrogens is 4. The van der Waals surface area contributed by atoms with Crippen LogP contribution in [0.15, 0.2) is 283 Å². The molecule has 0 aliphatic rings. The van der Waals surface area contributed by atoms with E-state index in [0.29, 0.717) is 39.5 Å². The summed E-state index contributed by atoms with van der Waals surface area (Å²) in [6, 6.07) is 104. The number of nitriles is 2. The fraction of sp³-hybridized carbons (Fsp3) is 0. The van der Waals surface area contributed by atoms with Crippen LogP contribution in [0.3, 0.4) is 0 Å². The highest BCUT2D eigenvalue weighted by Crippen LogP contribution is 2.52. The lowest BCUT2D eigenvalue weighted by Crippen LogP contribution is -2.16. The Kier molecular flexibility index (Phi) is 10.4. The summed E-state index contributed by atoms with van der Waals surface area (Å²) in [6.07, 6.45) is 0. The molecule has 13 aromatic carbocycles. The molecule has 0 bridgehead atoms. The largest absolute Gasteiger partial charge is 0.454 e. The molecule has 18 rings (SSSR count). The number of fused-ring (bicyclic) bond motifs is 16. The first-order valence-corrected chi connectivity index (χ1v) is 29.3. The zero-order chi connectivity index (χ0) is 57.4. The van der Waals surface area contributed by atoms with Gasteiger partial charge in [0.05, 0.1) is 66.9 Å². The van der Waals surface area contributed by atoms with Gasteiger partial charge in [-0.05, 0) is 88.0 Å². The molecule has 0 aliphatic carbocycles. The quantitative estimate of drug-likeness (QED) is 0.159. The van der Waals surface area contributed by atoms with Gasteiger partial charge in [-0.1, -0.05) is 224 Å². The van der Waals surface area contributed by atoms with Crippen molar-refractivity contribution in [2.75, 3.05) is 0 Å². The standard InChI is InChI=1S/C80H46N6O/c81-47-63-75(83-65-37-14-7-27-53(65)54-28-8-15-38-66(54)83)76(84-67-39-16-9-29-55(67)56-30-10-17-40-68(56)84)64(48-82)78(77(63)85-69-41-18-11-31-57(69)58-32-12-19-42-70(58)85)86-71-43-22-36-61(74(71)62-46-45-60-59-33-13-20-44-72(59)87-80(60)79(62)86)73-51(49-23-3-1-4-24-49)34-21-35-52(73)50-25-5-2-6-26-50/h1-46H. The Morgan fingerprint density at radius 1 is 0.264 bits per heavy atom. The van der Waals surface area contributed by atoms with Crippen LogP contribution in [0.25, 0.3) is 165 Å². The molecule has 87 heavy (non-hydrogen) atoms. The summed E-state index contributed by atoms with van der Waals surface area (Å²) in [4.78, 5) is 0. The molecule has 0 N–H and O–H groups in total. The van der Waals surface area contributed by atoms with Crippen LogP contribution in [-0.2, 0) is 0 Å². The monoisotopic (exact) mass is 1110 g/mol. The van der Waals surface area contributed by atoms with Gasteiger partial charge < -0.3 is 22.7 Å². The van der Waals surface area contributed by atoms with E-state index in [1.54, 1.807) is 0 Å². The highest BCUT2D eigenvalue weighted by Gasteiger charge is 2.36. The molecule has 7 nitrogen and oxygen atoms in total. The van der Waals surface area contributed by atoms with Gasteiger partial charge in [-0.3, -0.25) is 0 Å². The fourth-order valence-electron chi connectivity index (χ4n) is 14.6. The van der Waals surface area contributed by atoms with E-state index in [4.69, 9.17) is 4.42 Å². The van der Waals surface area contributed by atoms with Crippen LogP contribution in [-0.4, -0.2) is 18.3 Å². The lowest BCUT2D eigenvalue weighted by Gasteiger charge is -2.27. The van der Waals surface area contributed by atoms with Gasteiger partial charge in [-0.25, -0.2) is 0 Å². The van der Waals surface area contributed by atoms with Gasteiger partial charge in [0.15, 0.2) is 5.58 Å². The molecule has 0 atom stereocenters. The van der Waals surface area contributed by atoms with Gasteiger partial charge in [-0.2, -0.15) is 10.5 Å². The van der Waals surface area contributed by atoms with Crippen molar-refractivity contribution in [2.45, 2.75) is 0 Å². The minimum absolute atomic E-state index is 0.362. The van der Waals surface area contributed by atoms with Crippen molar-refractivity contribution in [3.8, 4) is 68.3 Å². The van der Waals surface area contributed by atoms with Gasteiger partial charge in [0.1, 0.15) is 28.8 Å². The Morgan fingerprint density at radius 3 is 1.02 bits per heavy atom. The van der Waals surface area contributed by atoms with E-state index in [1.165, 1.54) is 0 Å². The number of benzene rings is 13. The summed E-state index contributed by atoms with van der Waals surface area (Å²) in [5.74, 6) is 0. The SMILES string of the molecule is N#Cc1c(-n2c3ccccc3c3ccccc32)c(-n2c3ccccc3c3ccccc32)c(C#N)c(-n2c3cccc(-c4c(-c5ccccc5)cccc4-c4ccccc4)c3c3ccc4c5ccccc5oc4c32)c1-n1c2ccccc2c2ccccc21. The third-order valence-electron chi connectivity index (χ3n) is 18.1. The average molecular weight is 1110 g/mol. The van der Waals surface area contributed by atoms with Gasteiger partial charge in [0.2, 0.25) is 0 Å². The van der Waals surface area contributed by atoms with E-state index in [9.17, 15) is 10.5 Å². The Labute approximate surface area is 498 Å². The van der Waals surface area contributed by atoms with Crippen LogP contribution in [0, 0.1) is 22.7 Å². The lowest BCUT2D eigenvalue weighted by molar-refractivity contribution is 0.671. The van der Waals surface area contributed by atoms with Gasteiger partial charge in [0.25, 0.3) is 0 Å². The number of rotatable bonds is 7. The average Bonchev–Trinajstić information content (AvgIpc) is 2.15. The molecule has 5 heterocycles. The molecule has 0 spiro atoms. The second-order valence-corrected chi connectivity index (χ2v) is 22.4. The number of para-hydroxylation sites is 7. The Hall–Kier alpha value is -12.2. The summed E-state index contributed by atoms with van der Waals surface area (Å²) in [5.41, 5.74) is 17.8. The highest BCUT2D eigenvalue weighted by atomic mass is 16.3. The fourth-order valence-corrected chi connectivity index (χ4v) is 14.6. The molecule has 402 valence electrons. The van der Waals surface area contributed by atoms with Crippen molar-refractivity contribution in [3.05, 3.63) is 290 Å². The number of nitrogens with zero attached hydrogens (tertiary/aromatic N) is 6. The van der Waals surface area contributed by atoms with Crippen LogP contribution < -0.4 is 0 Å². The molecule has 0 fully saturated rings. The zero-order valence-corrected chi connectivity index (χ0v) is 46.6. The molecule has 0 saturated carbocycles. The van der Waals surface area contributed by atoms with Crippen LogP contribution in [0.1, 0.15) is 11.1 Å². The second kappa shape index (κ2) is 18.7. The topological polar surface area (TPSA) is 80.4 Å². The molecule has 0 unspecified atom stereocenters. The Morgan fingerprint density at radius 2 is 0.598 bits per heavy atom. The first-order valence-electron chi connectivity index (χ1n) is 29.3. The van der Waals surface area contributed by atoms with Crippen molar-refractivity contribution in [1.82, 2.24) is 18.3 Å². The molecule has 0 aliphatic heterocycles. The molecule has 0 amide bonds. The predicted octanol–water partition coefficient (Wildman–Crippen LogP) is 20.7. The number of furan rings is 1. The van der Waals surface area contributed by atoms with E-state index < -0.39 is 0 Å². The number of hydrogen-bond acceptors (Lipinski definition) is 3. The van der Waals surface area contributed by atoms with Gasteiger partial charge in [0, 0.05) is 53.9 Å². The summed E-state index contributed by atoms with van der Waals surface area (Å²) in [7, 11) is 0. The minimum Gasteiger partial charge on any atom is -0.454 e. The van der Waals surface area contributed by atoms with Crippen molar-refractivity contribution in [3.63, 3.8) is 0 Å². The van der Waals surface area contributed by atoms with E-state index in [2.05, 4.69) is 297 Å². The van der Waals surface area contributed by atoms with E-state index in [0.717, 1.165) is 137 Å². The van der Waals surface area contributed by atoms with Crippen molar-refractivity contribution >= 4 is 109 Å². The van der Waals surface area contributed by atoms with Crippen molar-refractivity contribution in [1.29, 1.82) is 10.5 Å². The highest BCUT2D eigenvalue weighted by molar-refractivity contribution is 6.26. The zero-order valence-electron chi connectivity index (χ0n) is 46.6. The maximum Gasteiger partial charge on any atom is 0.160 e. The Bertz CT molecular complexity index is 5820. The van der Waals surface area contributed by atoms with Crippen LogP contribution >= 0.6 is 0 Å². The van der Waals surface area contributed by atoms with E-state index in [1.807, 2.05) is 12.1 Å². The minimum atomic E-state index is 0.362. The molecule has 5 aromatic heterocycles. The van der Waals surface area contributed by atoms with E-state index >= 15 is 0 Å². The van der Waals surface area contributed by atoms with Crippen LogP contribution in [0.5, 0.6) is 0 Å². The summed E-state index contributed by atoms with van der Waals surface area (Å²) in [5, 5.41) is 36.0. The molecular weight excluding hydrogens is 1060 g/mol. The molecule has 18 aromatic rings. The molecular formula is C80H46N6O. The first-order chi connectivity index (χ1) is 43.2. The molecule has 7 heteroatoms. The second-order valence-electron chi connectivity index (χ2n) is 22.4. The van der Waals surface area contributed by atoms with Crippen molar-refractivity contribution < 1.29 is 4.42 Å². The smallest absolute Gasteiger partial charge is 0.160 e. The summed E-state index contributed by atoms with van der Waals surface area (Å²) < 4.78 is 16.3. The third kappa shape index (κ3) is 6.74. The predicted molar refractivity (Wildman–Crippen MR) is 357 cm³/mol. The molecule has 0 saturated heterocycles. The van der Waals surface area contributed by atoms with Gasteiger partial charge in [-0.15, -0.1) is 0 Å². The summed E-state index contributed by atoms with van der Waals surface area (Å²) in [6.45, 7) is 0. The lowest BCUT2D eigenvalue weighted by atomic mass is 9.86. The Balaban J connectivity index is 1.14. The third-order valence-corrected chi connectivity index (χ3v) is 18.1. The van der Waals surface area contributed by atoms with E-state index in [-0.39, 0.29) is 0 Å². The van der Waals surface area contributed by atoms with Crippen LogP contribution in [0.4, 0.5) is 0 Å². The van der Waals surface area contributed by atoms with Crippen molar-refractivity contribution in [2.24, 2.45) is 0 Å². The molecule has 0 radical (unpaired) electrons. The van der Waals surface area contributed by atoms with Crippen LogP contribution in [0.2, 0.25) is 0 Å². The van der Waals surface area contributed by atoms with Gasteiger partial charge >= 0.3 is 0 Å².